The van der Waals surface area contributed by atoms with Gasteiger partial charge in [-0.3, -0.25) is 4.79 Å². The van der Waals surface area contributed by atoms with E-state index in [0.717, 1.165) is 5.56 Å². The first-order valence-corrected chi connectivity index (χ1v) is 6.80. The molecule has 1 aromatic heterocycles. The standard InChI is InChI=1S/C16H10ClFN2O2/c17-11-7-4-8-12(15(11)18)19-16(21)14-9-13(20-22-14)10-5-2-1-3-6-10/h1-9H,(H,19,21). The van der Waals surface area contributed by atoms with E-state index in [9.17, 15) is 9.18 Å². The van der Waals surface area contributed by atoms with E-state index >= 15 is 0 Å². The van der Waals surface area contributed by atoms with Crippen LogP contribution in [0.2, 0.25) is 5.02 Å². The third-order valence-corrected chi connectivity index (χ3v) is 3.30. The number of rotatable bonds is 3. The highest BCUT2D eigenvalue weighted by molar-refractivity contribution is 6.31. The Kier molecular flexibility index (Phi) is 3.89. The Labute approximate surface area is 130 Å². The van der Waals surface area contributed by atoms with Gasteiger partial charge in [0.25, 0.3) is 5.91 Å². The molecule has 0 radical (unpaired) electrons. The van der Waals surface area contributed by atoms with Crippen molar-refractivity contribution in [1.82, 2.24) is 5.16 Å². The van der Waals surface area contributed by atoms with Crippen molar-refractivity contribution in [2.45, 2.75) is 0 Å². The first-order valence-electron chi connectivity index (χ1n) is 6.42. The number of benzene rings is 2. The topological polar surface area (TPSA) is 55.1 Å². The molecule has 1 heterocycles. The Morgan fingerprint density at radius 3 is 2.68 bits per heavy atom. The van der Waals surface area contributed by atoms with Gasteiger partial charge in [0.15, 0.2) is 5.82 Å². The SMILES string of the molecule is O=C(Nc1cccc(Cl)c1F)c1cc(-c2ccccc2)no1. The lowest BCUT2D eigenvalue weighted by Crippen LogP contribution is -2.12. The molecule has 0 aliphatic rings. The second kappa shape index (κ2) is 5.99. The average molecular weight is 317 g/mol. The summed E-state index contributed by atoms with van der Waals surface area (Å²) in [7, 11) is 0. The smallest absolute Gasteiger partial charge is 0.294 e. The Balaban J connectivity index is 1.82. The first-order chi connectivity index (χ1) is 10.6. The molecular weight excluding hydrogens is 307 g/mol. The zero-order chi connectivity index (χ0) is 15.5. The second-order valence-corrected chi connectivity index (χ2v) is 4.91. The van der Waals surface area contributed by atoms with Crippen molar-refractivity contribution in [2.24, 2.45) is 0 Å². The average Bonchev–Trinajstić information content (AvgIpc) is 3.03. The van der Waals surface area contributed by atoms with E-state index < -0.39 is 11.7 Å². The van der Waals surface area contributed by atoms with Gasteiger partial charge >= 0.3 is 0 Å². The van der Waals surface area contributed by atoms with E-state index in [4.69, 9.17) is 16.1 Å². The number of hydrogen-bond acceptors (Lipinski definition) is 3. The number of hydrogen-bond donors (Lipinski definition) is 1. The Morgan fingerprint density at radius 2 is 1.91 bits per heavy atom. The number of halogens is 2. The van der Waals surface area contributed by atoms with Crippen molar-refractivity contribution in [3.8, 4) is 11.3 Å². The summed E-state index contributed by atoms with van der Waals surface area (Å²) < 4.78 is 18.8. The molecule has 2 aromatic carbocycles. The number of carbonyl (C=O) groups excluding carboxylic acids is 1. The molecule has 0 atom stereocenters. The van der Waals surface area contributed by atoms with Crippen LogP contribution < -0.4 is 5.32 Å². The molecule has 0 spiro atoms. The van der Waals surface area contributed by atoms with E-state index in [1.807, 2.05) is 30.3 Å². The molecule has 1 N–H and O–H groups in total. The number of nitrogens with one attached hydrogen (secondary N) is 1. The quantitative estimate of drug-likeness (QED) is 0.779. The predicted molar refractivity (Wildman–Crippen MR) is 81.3 cm³/mol. The molecule has 0 aliphatic carbocycles. The lowest BCUT2D eigenvalue weighted by Gasteiger charge is -2.04. The maximum Gasteiger partial charge on any atom is 0.294 e. The van der Waals surface area contributed by atoms with Crippen LogP contribution in [0.5, 0.6) is 0 Å². The number of anilines is 1. The zero-order valence-corrected chi connectivity index (χ0v) is 12.0. The molecule has 6 heteroatoms. The summed E-state index contributed by atoms with van der Waals surface area (Å²) in [4.78, 5) is 12.1. The highest BCUT2D eigenvalue weighted by Crippen LogP contribution is 2.23. The van der Waals surface area contributed by atoms with Crippen LogP contribution in [0.25, 0.3) is 11.3 Å². The summed E-state index contributed by atoms with van der Waals surface area (Å²) >= 11 is 5.67. The van der Waals surface area contributed by atoms with Crippen molar-refractivity contribution < 1.29 is 13.7 Å². The molecular formula is C16H10ClFN2O2. The van der Waals surface area contributed by atoms with Crippen LogP contribution in [0.4, 0.5) is 10.1 Å². The molecule has 0 aliphatic heterocycles. The maximum absolute atomic E-state index is 13.8. The first kappa shape index (κ1) is 14.3. The minimum atomic E-state index is -0.694. The van der Waals surface area contributed by atoms with Crippen LogP contribution >= 0.6 is 11.6 Å². The number of aromatic nitrogens is 1. The summed E-state index contributed by atoms with van der Waals surface area (Å²) in [6.07, 6.45) is 0. The van der Waals surface area contributed by atoms with Gasteiger partial charge in [0.1, 0.15) is 5.69 Å². The highest BCUT2D eigenvalue weighted by atomic mass is 35.5. The minimum absolute atomic E-state index is 0.0155. The summed E-state index contributed by atoms with van der Waals surface area (Å²) in [5.74, 6) is -1.31. The fraction of sp³-hybridized carbons (Fsp3) is 0. The molecule has 0 saturated carbocycles. The molecule has 110 valence electrons. The minimum Gasteiger partial charge on any atom is -0.350 e. The van der Waals surface area contributed by atoms with E-state index in [-0.39, 0.29) is 16.5 Å². The van der Waals surface area contributed by atoms with Crippen molar-refractivity contribution >= 4 is 23.2 Å². The van der Waals surface area contributed by atoms with Gasteiger partial charge in [-0.25, -0.2) is 4.39 Å². The predicted octanol–water partition coefficient (Wildman–Crippen LogP) is 4.39. The highest BCUT2D eigenvalue weighted by Gasteiger charge is 2.16. The number of nitrogens with zero attached hydrogens (tertiary/aromatic N) is 1. The van der Waals surface area contributed by atoms with Crippen LogP contribution in [0.3, 0.4) is 0 Å². The van der Waals surface area contributed by atoms with Crippen molar-refractivity contribution in [3.63, 3.8) is 0 Å². The third kappa shape index (κ3) is 2.84. The maximum atomic E-state index is 13.8. The normalized spacial score (nSPS) is 10.5. The van der Waals surface area contributed by atoms with Crippen molar-refractivity contribution in [2.75, 3.05) is 5.32 Å². The second-order valence-electron chi connectivity index (χ2n) is 4.50. The summed E-state index contributed by atoms with van der Waals surface area (Å²) in [6.45, 7) is 0. The van der Waals surface area contributed by atoms with Crippen LogP contribution in [0.1, 0.15) is 10.6 Å². The van der Waals surface area contributed by atoms with Crippen LogP contribution in [0, 0.1) is 5.82 Å². The Morgan fingerprint density at radius 1 is 1.14 bits per heavy atom. The monoisotopic (exact) mass is 316 g/mol. The molecule has 0 saturated heterocycles. The van der Waals surface area contributed by atoms with Crippen molar-refractivity contribution in [1.29, 1.82) is 0 Å². The van der Waals surface area contributed by atoms with Crippen LogP contribution in [-0.4, -0.2) is 11.1 Å². The van der Waals surface area contributed by atoms with Gasteiger partial charge in [0.05, 0.1) is 10.7 Å². The van der Waals surface area contributed by atoms with Crippen LogP contribution in [0.15, 0.2) is 59.1 Å². The van der Waals surface area contributed by atoms with E-state index in [2.05, 4.69) is 10.5 Å². The van der Waals surface area contributed by atoms with E-state index in [1.165, 1.54) is 24.3 Å². The lowest BCUT2D eigenvalue weighted by atomic mass is 10.1. The number of carbonyl (C=O) groups is 1. The van der Waals surface area contributed by atoms with Gasteiger partial charge < -0.3 is 9.84 Å². The fourth-order valence-corrected chi connectivity index (χ4v) is 2.09. The van der Waals surface area contributed by atoms with Gasteiger partial charge in [-0.15, -0.1) is 0 Å². The molecule has 3 rings (SSSR count). The third-order valence-electron chi connectivity index (χ3n) is 3.00. The van der Waals surface area contributed by atoms with E-state index in [1.54, 1.807) is 0 Å². The molecule has 0 fully saturated rings. The molecule has 1 amide bonds. The van der Waals surface area contributed by atoms with Crippen molar-refractivity contribution in [3.05, 3.63) is 71.2 Å². The van der Waals surface area contributed by atoms with Gasteiger partial charge in [-0.1, -0.05) is 53.2 Å². The lowest BCUT2D eigenvalue weighted by molar-refractivity contribution is 0.0987. The molecule has 4 nitrogen and oxygen atoms in total. The molecule has 22 heavy (non-hydrogen) atoms. The van der Waals surface area contributed by atoms with E-state index in [0.29, 0.717) is 5.69 Å². The molecule has 3 aromatic rings. The zero-order valence-electron chi connectivity index (χ0n) is 11.2. The molecule has 0 bridgehead atoms. The van der Waals surface area contributed by atoms with Gasteiger partial charge in [-0.2, -0.15) is 0 Å². The van der Waals surface area contributed by atoms with Gasteiger partial charge in [-0.05, 0) is 12.1 Å². The van der Waals surface area contributed by atoms with Gasteiger partial charge in [0, 0.05) is 11.6 Å². The van der Waals surface area contributed by atoms with Crippen LogP contribution in [-0.2, 0) is 0 Å². The number of amides is 1. The van der Waals surface area contributed by atoms with Gasteiger partial charge in [0.2, 0.25) is 5.76 Å². The summed E-state index contributed by atoms with van der Waals surface area (Å²) in [6, 6.07) is 15.1. The summed E-state index contributed by atoms with van der Waals surface area (Å²) in [5.41, 5.74) is 1.33. The fourth-order valence-electron chi connectivity index (χ4n) is 1.91. The summed E-state index contributed by atoms with van der Waals surface area (Å²) in [5, 5.41) is 6.16. The molecule has 0 unspecified atom stereocenters. The Bertz CT molecular complexity index is 818. The largest absolute Gasteiger partial charge is 0.350 e. The Hall–Kier alpha value is -2.66.